The molecule has 17 heavy (non-hydrogen) atoms. The molecule has 0 aliphatic rings. The van der Waals surface area contributed by atoms with E-state index in [9.17, 15) is 4.79 Å². The number of nitrogens with zero attached hydrogens (tertiary/aromatic N) is 1. The lowest BCUT2D eigenvalue weighted by Gasteiger charge is -2.10. The maximum Gasteiger partial charge on any atom is 0.338 e. The number of ether oxygens (including phenoxy) is 2. The molecule has 5 heteroatoms. The highest BCUT2D eigenvalue weighted by Crippen LogP contribution is 2.24. The summed E-state index contributed by atoms with van der Waals surface area (Å²) in [5, 5.41) is 18.0. The molecule has 0 aliphatic heterocycles. The van der Waals surface area contributed by atoms with Gasteiger partial charge in [-0.3, -0.25) is 0 Å². The standard InChI is InChI=1S/C12H13NO4/c1-3-17-12(15)10-5-11(16-2)8(6-13)4-9(10)7-14/h4-5,14H,3,7H2,1-2H3. The molecule has 0 bridgehead atoms. The summed E-state index contributed by atoms with van der Waals surface area (Å²) in [4.78, 5) is 11.6. The molecule has 0 fully saturated rings. The van der Waals surface area contributed by atoms with Crippen molar-refractivity contribution in [1.29, 1.82) is 5.26 Å². The van der Waals surface area contributed by atoms with Gasteiger partial charge in [0.15, 0.2) is 0 Å². The Morgan fingerprint density at radius 2 is 2.24 bits per heavy atom. The summed E-state index contributed by atoms with van der Waals surface area (Å²) < 4.78 is 9.85. The molecule has 1 aromatic carbocycles. The van der Waals surface area contributed by atoms with Crippen molar-refractivity contribution in [3.8, 4) is 11.8 Å². The van der Waals surface area contributed by atoms with E-state index < -0.39 is 5.97 Å². The minimum absolute atomic E-state index is 0.213. The molecule has 0 aromatic heterocycles. The normalized spacial score (nSPS) is 9.53. The number of hydrogen-bond acceptors (Lipinski definition) is 5. The summed E-state index contributed by atoms with van der Waals surface area (Å²) in [6.07, 6.45) is 0. The second kappa shape index (κ2) is 5.87. The van der Waals surface area contributed by atoms with Gasteiger partial charge < -0.3 is 14.6 Å². The van der Waals surface area contributed by atoms with Gasteiger partial charge in [0.1, 0.15) is 11.8 Å². The molecule has 0 radical (unpaired) electrons. The Morgan fingerprint density at radius 3 is 2.71 bits per heavy atom. The molecule has 0 atom stereocenters. The first-order valence-corrected chi connectivity index (χ1v) is 5.06. The van der Waals surface area contributed by atoms with Crippen LogP contribution in [0.15, 0.2) is 12.1 Å². The molecular formula is C12H13NO4. The molecule has 1 N–H and O–H groups in total. The SMILES string of the molecule is CCOC(=O)c1cc(OC)c(C#N)cc1CO. The van der Waals surface area contributed by atoms with Crippen LogP contribution in [-0.2, 0) is 11.3 Å². The van der Waals surface area contributed by atoms with Crippen LogP contribution in [0, 0.1) is 11.3 Å². The zero-order chi connectivity index (χ0) is 12.8. The third-order valence-electron chi connectivity index (χ3n) is 2.21. The zero-order valence-corrected chi connectivity index (χ0v) is 9.69. The van der Waals surface area contributed by atoms with Crippen LogP contribution in [0.2, 0.25) is 0 Å². The number of aliphatic hydroxyl groups excluding tert-OH is 1. The number of carbonyl (C=O) groups excluding carboxylic acids is 1. The number of benzene rings is 1. The van der Waals surface area contributed by atoms with Gasteiger partial charge >= 0.3 is 5.97 Å². The maximum absolute atomic E-state index is 11.6. The minimum atomic E-state index is -0.542. The summed E-state index contributed by atoms with van der Waals surface area (Å²) in [6.45, 7) is 1.59. The van der Waals surface area contributed by atoms with Crippen molar-refractivity contribution in [2.45, 2.75) is 13.5 Å². The van der Waals surface area contributed by atoms with Gasteiger partial charge in [-0.15, -0.1) is 0 Å². The van der Waals surface area contributed by atoms with Crippen molar-refractivity contribution >= 4 is 5.97 Å². The molecule has 0 saturated heterocycles. The summed E-state index contributed by atoms with van der Waals surface area (Å²) in [7, 11) is 1.41. The van der Waals surface area contributed by atoms with Gasteiger partial charge in [-0.2, -0.15) is 5.26 Å². The molecular weight excluding hydrogens is 222 g/mol. The van der Waals surface area contributed by atoms with E-state index >= 15 is 0 Å². The van der Waals surface area contributed by atoms with Crippen LogP contribution in [0.4, 0.5) is 0 Å². The Kier molecular flexibility index (Phi) is 4.49. The van der Waals surface area contributed by atoms with Gasteiger partial charge in [0.2, 0.25) is 0 Å². The minimum Gasteiger partial charge on any atom is -0.495 e. The number of hydrogen-bond donors (Lipinski definition) is 1. The Hall–Kier alpha value is -2.06. The summed E-state index contributed by atoms with van der Waals surface area (Å²) in [6, 6.07) is 4.76. The monoisotopic (exact) mass is 235 g/mol. The third kappa shape index (κ3) is 2.74. The summed E-state index contributed by atoms with van der Waals surface area (Å²) in [5.41, 5.74) is 0.829. The van der Waals surface area contributed by atoms with E-state index in [1.54, 1.807) is 6.92 Å². The number of methoxy groups -OCH3 is 1. The average Bonchev–Trinajstić information content (AvgIpc) is 2.37. The first kappa shape index (κ1) is 13.0. The molecule has 0 saturated carbocycles. The lowest BCUT2D eigenvalue weighted by Crippen LogP contribution is -2.09. The van der Waals surface area contributed by atoms with Crippen molar-refractivity contribution in [3.05, 3.63) is 28.8 Å². The molecule has 90 valence electrons. The Bertz CT molecular complexity index is 462. The van der Waals surface area contributed by atoms with E-state index in [4.69, 9.17) is 19.8 Å². The number of esters is 1. The Labute approximate surface area is 99.2 Å². The number of carbonyl (C=O) groups is 1. The van der Waals surface area contributed by atoms with Crippen LogP contribution in [0.5, 0.6) is 5.75 Å². The molecule has 0 spiro atoms. The topological polar surface area (TPSA) is 79.5 Å². The van der Waals surface area contributed by atoms with Gasteiger partial charge in [-0.05, 0) is 24.6 Å². The van der Waals surface area contributed by atoms with E-state index in [1.165, 1.54) is 19.2 Å². The second-order valence-electron chi connectivity index (χ2n) is 3.20. The van der Waals surface area contributed by atoms with Crippen LogP contribution in [0.25, 0.3) is 0 Å². The van der Waals surface area contributed by atoms with E-state index in [2.05, 4.69) is 0 Å². The smallest absolute Gasteiger partial charge is 0.338 e. The fourth-order valence-corrected chi connectivity index (χ4v) is 1.41. The van der Waals surface area contributed by atoms with E-state index in [-0.39, 0.29) is 30.1 Å². The maximum atomic E-state index is 11.6. The Morgan fingerprint density at radius 1 is 1.53 bits per heavy atom. The highest BCUT2D eigenvalue weighted by molar-refractivity contribution is 5.92. The molecule has 5 nitrogen and oxygen atoms in total. The van der Waals surface area contributed by atoms with Crippen molar-refractivity contribution in [1.82, 2.24) is 0 Å². The number of nitriles is 1. The summed E-state index contributed by atoms with van der Waals surface area (Å²) in [5.74, 6) is -0.257. The fraction of sp³-hybridized carbons (Fsp3) is 0.333. The largest absolute Gasteiger partial charge is 0.495 e. The fourth-order valence-electron chi connectivity index (χ4n) is 1.41. The Balaban J connectivity index is 3.29. The average molecular weight is 235 g/mol. The third-order valence-corrected chi connectivity index (χ3v) is 2.21. The van der Waals surface area contributed by atoms with E-state index in [0.717, 1.165) is 0 Å². The predicted molar refractivity (Wildman–Crippen MR) is 59.6 cm³/mol. The molecule has 1 rings (SSSR count). The van der Waals surface area contributed by atoms with Crippen molar-refractivity contribution in [2.75, 3.05) is 13.7 Å². The second-order valence-corrected chi connectivity index (χ2v) is 3.20. The van der Waals surface area contributed by atoms with Crippen LogP contribution in [-0.4, -0.2) is 24.8 Å². The van der Waals surface area contributed by atoms with Gasteiger partial charge in [0.25, 0.3) is 0 Å². The molecule has 1 aromatic rings. The predicted octanol–water partition coefficient (Wildman–Crippen LogP) is 1.24. The number of aliphatic hydroxyl groups is 1. The van der Waals surface area contributed by atoms with Crippen LogP contribution < -0.4 is 4.74 Å². The van der Waals surface area contributed by atoms with Crippen LogP contribution in [0.3, 0.4) is 0 Å². The van der Waals surface area contributed by atoms with Gasteiger partial charge in [0, 0.05) is 0 Å². The first-order chi connectivity index (χ1) is 8.17. The van der Waals surface area contributed by atoms with Crippen LogP contribution in [0.1, 0.15) is 28.4 Å². The lowest BCUT2D eigenvalue weighted by molar-refractivity contribution is 0.0522. The first-order valence-electron chi connectivity index (χ1n) is 5.06. The number of rotatable bonds is 4. The zero-order valence-electron chi connectivity index (χ0n) is 9.69. The van der Waals surface area contributed by atoms with Crippen molar-refractivity contribution < 1.29 is 19.4 Å². The highest BCUT2D eigenvalue weighted by atomic mass is 16.5. The van der Waals surface area contributed by atoms with Gasteiger partial charge in [-0.1, -0.05) is 0 Å². The van der Waals surface area contributed by atoms with Crippen LogP contribution >= 0.6 is 0 Å². The highest BCUT2D eigenvalue weighted by Gasteiger charge is 2.16. The molecule has 0 amide bonds. The lowest BCUT2D eigenvalue weighted by atomic mass is 10.0. The van der Waals surface area contributed by atoms with Crippen molar-refractivity contribution in [3.63, 3.8) is 0 Å². The molecule has 0 aliphatic carbocycles. The van der Waals surface area contributed by atoms with Crippen molar-refractivity contribution in [2.24, 2.45) is 0 Å². The summed E-state index contributed by atoms with van der Waals surface area (Å²) >= 11 is 0. The van der Waals surface area contributed by atoms with Gasteiger partial charge in [0.05, 0.1) is 31.5 Å². The van der Waals surface area contributed by atoms with Gasteiger partial charge in [-0.25, -0.2) is 4.79 Å². The quantitative estimate of drug-likeness (QED) is 0.794. The molecule has 0 unspecified atom stereocenters. The van der Waals surface area contributed by atoms with E-state index in [1.807, 2.05) is 6.07 Å². The molecule has 0 heterocycles. The van der Waals surface area contributed by atoms with E-state index in [0.29, 0.717) is 5.56 Å².